The van der Waals surface area contributed by atoms with Crippen molar-refractivity contribution in [2.45, 2.75) is 39.3 Å². The predicted molar refractivity (Wildman–Crippen MR) is 115 cm³/mol. The molecule has 1 amide bonds. The van der Waals surface area contributed by atoms with Gasteiger partial charge in [0, 0.05) is 29.1 Å². The number of carbonyl (C=O) groups is 2. The minimum absolute atomic E-state index is 0.0102. The quantitative estimate of drug-likeness (QED) is 0.621. The van der Waals surface area contributed by atoms with Crippen molar-refractivity contribution in [3.63, 3.8) is 0 Å². The fraction of sp³-hybridized carbons (Fsp3) is 0.333. The van der Waals surface area contributed by atoms with E-state index in [1.54, 1.807) is 13.1 Å². The van der Waals surface area contributed by atoms with Crippen LogP contribution in [0.5, 0.6) is 11.5 Å². The monoisotopic (exact) mass is 406 g/mol. The van der Waals surface area contributed by atoms with Crippen molar-refractivity contribution < 1.29 is 19.1 Å². The zero-order valence-electron chi connectivity index (χ0n) is 17.3. The van der Waals surface area contributed by atoms with Crippen LogP contribution in [0.1, 0.15) is 48.7 Å². The first-order valence-corrected chi connectivity index (χ1v) is 10.3. The maximum Gasteiger partial charge on any atom is 0.240 e. The molecule has 0 radical (unpaired) electrons. The van der Waals surface area contributed by atoms with Crippen LogP contribution in [-0.4, -0.2) is 29.5 Å². The van der Waals surface area contributed by atoms with Gasteiger partial charge in [0.1, 0.15) is 6.54 Å². The van der Waals surface area contributed by atoms with E-state index < -0.39 is 0 Å². The Balaban J connectivity index is 1.53. The van der Waals surface area contributed by atoms with Crippen molar-refractivity contribution in [2.75, 3.05) is 13.2 Å². The number of rotatable bonds is 6. The average Bonchev–Trinajstić information content (AvgIpc) is 2.94. The second kappa shape index (κ2) is 8.61. The largest absolute Gasteiger partial charge is 0.490 e. The Morgan fingerprint density at radius 2 is 1.87 bits per heavy atom. The van der Waals surface area contributed by atoms with E-state index >= 15 is 0 Å². The lowest BCUT2D eigenvalue weighted by molar-refractivity contribution is -0.122. The fourth-order valence-electron chi connectivity index (χ4n) is 3.87. The number of ketones is 1. The molecule has 156 valence electrons. The molecule has 0 aliphatic carbocycles. The van der Waals surface area contributed by atoms with Crippen LogP contribution >= 0.6 is 0 Å². The SMILES string of the molecule is CC[C@@H](NC(=O)Cn1cc(C(C)=O)c2ccccc21)c1ccc2c(c1)OCCCO2. The van der Waals surface area contributed by atoms with Gasteiger partial charge in [0.15, 0.2) is 17.3 Å². The smallest absolute Gasteiger partial charge is 0.240 e. The highest BCUT2D eigenvalue weighted by Gasteiger charge is 2.19. The predicted octanol–water partition coefficient (Wildman–Crippen LogP) is 4.27. The van der Waals surface area contributed by atoms with Crippen LogP contribution in [0, 0.1) is 0 Å². The number of nitrogens with one attached hydrogen (secondary N) is 1. The number of para-hydroxylation sites is 1. The molecule has 30 heavy (non-hydrogen) atoms. The molecule has 6 heteroatoms. The first-order valence-electron chi connectivity index (χ1n) is 10.3. The van der Waals surface area contributed by atoms with Gasteiger partial charge in [0.25, 0.3) is 0 Å². The molecule has 0 bridgehead atoms. The molecule has 3 aromatic rings. The Morgan fingerprint density at radius 3 is 2.63 bits per heavy atom. The lowest BCUT2D eigenvalue weighted by atomic mass is 10.0. The van der Waals surface area contributed by atoms with Gasteiger partial charge in [0.2, 0.25) is 5.91 Å². The number of aromatic nitrogens is 1. The summed E-state index contributed by atoms with van der Waals surface area (Å²) >= 11 is 0. The highest BCUT2D eigenvalue weighted by Crippen LogP contribution is 2.33. The summed E-state index contributed by atoms with van der Waals surface area (Å²) in [6.07, 6.45) is 3.36. The lowest BCUT2D eigenvalue weighted by Crippen LogP contribution is -2.31. The zero-order valence-corrected chi connectivity index (χ0v) is 17.3. The summed E-state index contributed by atoms with van der Waals surface area (Å²) in [5.74, 6) is 1.35. The van der Waals surface area contributed by atoms with E-state index in [1.807, 2.05) is 54.0 Å². The Hall–Kier alpha value is -3.28. The van der Waals surface area contributed by atoms with Crippen LogP contribution in [0.4, 0.5) is 0 Å². The Kier molecular flexibility index (Phi) is 5.74. The molecule has 4 rings (SSSR count). The minimum Gasteiger partial charge on any atom is -0.490 e. The van der Waals surface area contributed by atoms with Crippen molar-refractivity contribution in [2.24, 2.45) is 0 Å². The first-order chi connectivity index (χ1) is 14.6. The average molecular weight is 406 g/mol. The number of Topliss-reactive ketones (excluding diaryl/α,β-unsaturated/α-hetero) is 1. The maximum atomic E-state index is 12.8. The molecule has 2 heterocycles. The number of nitrogens with zero attached hydrogens (tertiary/aromatic N) is 1. The van der Waals surface area contributed by atoms with Gasteiger partial charge >= 0.3 is 0 Å². The number of amides is 1. The lowest BCUT2D eigenvalue weighted by Gasteiger charge is -2.19. The van der Waals surface area contributed by atoms with Gasteiger partial charge < -0.3 is 19.4 Å². The van der Waals surface area contributed by atoms with E-state index in [9.17, 15) is 9.59 Å². The summed E-state index contributed by atoms with van der Waals surface area (Å²) in [5.41, 5.74) is 2.49. The minimum atomic E-state index is -0.135. The van der Waals surface area contributed by atoms with Crippen LogP contribution < -0.4 is 14.8 Å². The van der Waals surface area contributed by atoms with Gasteiger partial charge in [-0.2, -0.15) is 0 Å². The first kappa shape index (κ1) is 20.0. The second-order valence-electron chi connectivity index (χ2n) is 7.53. The van der Waals surface area contributed by atoms with E-state index in [-0.39, 0.29) is 24.3 Å². The van der Waals surface area contributed by atoms with Crippen molar-refractivity contribution in [3.8, 4) is 11.5 Å². The van der Waals surface area contributed by atoms with Gasteiger partial charge in [-0.25, -0.2) is 0 Å². The molecule has 1 atom stereocenters. The van der Waals surface area contributed by atoms with Crippen LogP contribution in [-0.2, 0) is 11.3 Å². The van der Waals surface area contributed by atoms with Gasteiger partial charge in [0.05, 0.1) is 19.3 Å². The molecule has 0 spiro atoms. The van der Waals surface area contributed by atoms with Gasteiger partial charge in [-0.15, -0.1) is 0 Å². The van der Waals surface area contributed by atoms with Crippen LogP contribution in [0.15, 0.2) is 48.7 Å². The molecular weight excluding hydrogens is 380 g/mol. The topological polar surface area (TPSA) is 69.6 Å². The van der Waals surface area contributed by atoms with E-state index in [2.05, 4.69) is 5.32 Å². The summed E-state index contributed by atoms with van der Waals surface area (Å²) in [6, 6.07) is 13.3. The number of carbonyl (C=O) groups excluding carboxylic acids is 2. The van der Waals surface area contributed by atoms with Gasteiger partial charge in [-0.3, -0.25) is 9.59 Å². The van der Waals surface area contributed by atoms with Gasteiger partial charge in [-0.1, -0.05) is 31.2 Å². The normalized spacial score (nSPS) is 14.2. The van der Waals surface area contributed by atoms with E-state index in [0.29, 0.717) is 18.8 Å². The standard InChI is InChI=1S/C24H26N2O4/c1-3-20(17-9-10-22-23(13-17)30-12-6-11-29-22)25-24(28)15-26-14-19(16(2)27)18-7-4-5-8-21(18)26/h4-5,7-10,13-14,20H,3,6,11-12,15H2,1-2H3,(H,25,28)/t20-/m1/s1. The van der Waals surface area contributed by atoms with Gasteiger partial charge in [-0.05, 0) is 37.1 Å². The van der Waals surface area contributed by atoms with Crippen molar-refractivity contribution >= 4 is 22.6 Å². The van der Waals surface area contributed by atoms with Crippen molar-refractivity contribution in [1.82, 2.24) is 9.88 Å². The number of ether oxygens (including phenoxy) is 2. The molecule has 1 aliphatic rings. The molecule has 1 aromatic heterocycles. The maximum absolute atomic E-state index is 12.8. The zero-order chi connectivity index (χ0) is 21.1. The molecule has 0 fully saturated rings. The fourth-order valence-corrected chi connectivity index (χ4v) is 3.87. The summed E-state index contributed by atoms with van der Waals surface area (Å²) < 4.78 is 13.3. The third-order valence-corrected chi connectivity index (χ3v) is 5.40. The number of hydrogen-bond acceptors (Lipinski definition) is 4. The Bertz CT molecular complexity index is 1090. The van der Waals surface area contributed by atoms with E-state index in [1.165, 1.54) is 0 Å². The van der Waals surface area contributed by atoms with Crippen LogP contribution in [0.25, 0.3) is 10.9 Å². The summed E-state index contributed by atoms with van der Waals surface area (Å²) in [4.78, 5) is 24.8. The second-order valence-corrected chi connectivity index (χ2v) is 7.53. The summed E-state index contributed by atoms with van der Waals surface area (Å²) in [6.45, 7) is 5.00. The third kappa shape index (κ3) is 4.03. The molecule has 1 N–H and O–H groups in total. The summed E-state index contributed by atoms with van der Waals surface area (Å²) in [5, 5.41) is 3.98. The molecular formula is C24H26N2O4. The van der Waals surface area contributed by atoms with Crippen LogP contribution in [0.2, 0.25) is 0 Å². The molecule has 6 nitrogen and oxygen atoms in total. The Labute approximate surface area is 175 Å². The Morgan fingerprint density at radius 1 is 1.10 bits per heavy atom. The number of fused-ring (bicyclic) bond motifs is 2. The van der Waals surface area contributed by atoms with E-state index in [4.69, 9.17) is 9.47 Å². The molecule has 1 aliphatic heterocycles. The third-order valence-electron chi connectivity index (χ3n) is 5.40. The highest BCUT2D eigenvalue weighted by atomic mass is 16.5. The molecule has 2 aromatic carbocycles. The molecule has 0 saturated heterocycles. The molecule has 0 saturated carbocycles. The summed E-state index contributed by atoms with van der Waals surface area (Å²) in [7, 11) is 0. The highest BCUT2D eigenvalue weighted by molar-refractivity contribution is 6.07. The van der Waals surface area contributed by atoms with Crippen molar-refractivity contribution in [1.29, 1.82) is 0 Å². The van der Waals surface area contributed by atoms with Crippen molar-refractivity contribution in [3.05, 3.63) is 59.8 Å². The van der Waals surface area contributed by atoms with E-state index in [0.717, 1.165) is 40.8 Å². The molecule has 0 unspecified atom stereocenters. The number of hydrogen-bond donors (Lipinski definition) is 1. The van der Waals surface area contributed by atoms with Crippen LogP contribution in [0.3, 0.4) is 0 Å². The number of benzene rings is 2.